The fourth-order valence-corrected chi connectivity index (χ4v) is 2.71. The Labute approximate surface area is 130 Å². The van der Waals surface area contributed by atoms with Crippen LogP contribution in [0.5, 0.6) is 5.75 Å². The Balaban J connectivity index is 1.63. The number of carbonyl (C=O) groups excluding carboxylic acids is 2. The van der Waals surface area contributed by atoms with Crippen LogP contribution in [0.2, 0.25) is 0 Å². The van der Waals surface area contributed by atoms with Crippen molar-refractivity contribution in [3.8, 4) is 5.75 Å². The molecule has 3 rings (SSSR count). The largest absolute Gasteiger partial charge is 0.478 e. The van der Waals surface area contributed by atoms with E-state index in [0.717, 1.165) is 11.4 Å². The number of aryl methyl sites for hydroxylation is 1. The number of para-hydroxylation sites is 2. The summed E-state index contributed by atoms with van der Waals surface area (Å²) in [4.78, 5) is 24.0. The topological polar surface area (TPSA) is 93.2 Å². The fraction of sp³-hybridized carbons (Fsp3) is 0.286. The zero-order valence-electron chi connectivity index (χ0n) is 11.8. The van der Waals surface area contributed by atoms with Gasteiger partial charge in [-0.3, -0.25) is 9.59 Å². The van der Waals surface area contributed by atoms with Crippen LogP contribution < -0.4 is 15.4 Å². The highest BCUT2D eigenvalue weighted by atomic mass is 32.1. The first-order chi connectivity index (χ1) is 10.7. The van der Waals surface area contributed by atoms with E-state index in [4.69, 9.17) is 4.74 Å². The van der Waals surface area contributed by atoms with Crippen LogP contribution in [0.1, 0.15) is 18.4 Å². The minimum absolute atomic E-state index is 0.0821. The maximum atomic E-state index is 12.0. The summed E-state index contributed by atoms with van der Waals surface area (Å²) in [5.41, 5.74) is 0.612. The van der Waals surface area contributed by atoms with E-state index in [1.165, 1.54) is 11.3 Å². The molecule has 8 heteroatoms. The average molecular weight is 318 g/mol. The van der Waals surface area contributed by atoms with Gasteiger partial charge in [0.2, 0.25) is 11.0 Å². The Bertz CT molecular complexity index is 716. The van der Waals surface area contributed by atoms with Gasteiger partial charge in [0.15, 0.2) is 6.10 Å². The van der Waals surface area contributed by atoms with E-state index in [9.17, 15) is 9.59 Å². The third kappa shape index (κ3) is 3.06. The molecule has 0 unspecified atom stereocenters. The number of amides is 2. The Kier molecular flexibility index (Phi) is 4.01. The summed E-state index contributed by atoms with van der Waals surface area (Å²) in [6.45, 7) is 1.96. The highest BCUT2D eigenvalue weighted by molar-refractivity contribution is 7.15. The second kappa shape index (κ2) is 6.10. The van der Waals surface area contributed by atoms with Crippen LogP contribution in [0.25, 0.3) is 0 Å². The number of aromatic nitrogens is 2. The molecule has 0 saturated carbocycles. The van der Waals surface area contributed by atoms with Crippen LogP contribution in [0.4, 0.5) is 10.8 Å². The van der Waals surface area contributed by atoms with Crippen LogP contribution in [0, 0.1) is 0 Å². The normalized spacial score (nSPS) is 16.4. The molecular weight excluding hydrogens is 304 g/mol. The van der Waals surface area contributed by atoms with Crippen molar-refractivity contribution in [1.82, 2.24) is 10.2 Å². The van der Waals surface area contributed by atoms with Gasteiger partial charge in [-0.2, -0.15) is 0 Å². The van der Waals surface area contributed by atoms with Gasteiger partial charge < -0.3 is 15.4 Å². The average Bonchev–Trinajstić information content (AvgIpc) is 2.95. The van der Waals surface area contributed by atoms with Gasteiger partial charge in [0.1, 0.15) is 10.8 Å². The highest BCUT2D eigenvalue weighted by Gasteiger charge is 2.29. The number of benzene rings is 1. The van der Waals surface area contributed by atoms with Gasteiger partial charge in [-0.15, -0.1) is 10.2 Å². The van der Waals surface area contributed by atoms with E-state index in [2.05, 4.69) is 20.8 Å². The fourth-order valence-electron chi connectivity index (χ4n) is 2.01. The molecule has 1 aliphatic rings. The molecule has 0 bridgehead atoms. The van der Waals surface area contributed by atoms with Gasteiger partial charge in [0, 0.05) is 0 Å². The molecule has 0 aliphatic carbocycles. The number of hydrogen-bond acceptors (Lipinski definition) is 6. The zero-order valence-corrected chi connectivity index (χ0v) is 12.6. The number of ether oxygens (including phenoxy) is 1. The molecule has 2 N–H and O–H groups in total. The van der Waals surface area contributed by atoms with Crippen molar-refractivity contribution in [3.63, 3.8) is 0 Å². The van der Waals surface area contributed by atoms with Crippen molar-refractivity contribution >= 4 is 34.0 Å². The van der Waals surface area contributed by atoms with Crippen LogP contribution in [0.15, 0.2) is 24.3 Å². The second-order valence-electron chi connectivity index (χ2n) is 4.70. The summed E-state index contributed by atoms with van der Waals surface area (Å²) >= 11 is 1.32. The third-order valence-corrected chi connectivity index (χ3v) is 4.08. The van der Waals surface area contributed by atoms with Gasteiger partial charge in [0.05, 0.1) is 12.1 Å². The number of hydrogen-bond donors (Lipinski definition) is 2. The first-order valence-corrected chi connectivity index (χ1v) is 7.66. The van der Waals surface area contributed by atoms with Crippen molar-refractivity contribution in [2.24, 2.45) is 0 Å². The molecule has 22 heavy (non-hydrogen) atoms. The standard InChI is InChI=1S/C14H14N4O3S/c1-2-12-17-18-14(22-12)16-11(19)7-10-13(20)15-8-5-3-4-6-9(8)21-10/h3-6,10H,2,7H2,1H3,(H,15,20)(H,16,18,19)/t10-/m0/s1. The van der Waals surface area contributed by atoms with Crippen molar-refractivity contribution in [3.05, 3.63) is 29.3 Å². The summed E-state index contributed by atoms with van der Waals surface area (Å²) in [7, 11) is 0. The molecule has 2 aromatic rings. The SMILES string of the molecule is CCc1nnc(NC(=O)C[C@@H]2Oc3ccccc3NC2=O)s1. The van der Waals surface area contributed by atoms with Crippen molar-refractivity contribution in [1.29, 1.82) is 0 Å². The number of fused-ring (bicyclic) bond motifs is 1. The molecule has 7 nitrogen and oxygen atoms in total. The van der Waals surface area contributed by atoms with Crippen molar-refractivity contribution < 1.29 is 14.3 Å². The minimum Gasteiger partial charge on any atom is -0.478 e. The summed E-state index contributed by atoms with van der Waals surface area (Å²) in [6, 6.07) is 7.10. The first kappa shape index (κ1) is 14.5. The highest BCUT2D eigenvalue weighted by Crippen LogP contribution is 2.29. The lowest BCUT2D eigenvalue weighted by molar-refractivity contribution is -0.128. The van der Waals surface area contributed by atoms with Gasteiger partial charge in [-0.1, -0.05) is 30.4 Å². The first-order valence-electron chi connectivity index (χ1n) is 6.84. The Hall–Kier alpha value is -2.48. The number of anilines is 2. The number of rotatable bonds is 4. The number of carbonyl (C=O) groups is 2. The zero-order chi connectivity index (χ0) is 15.5. The molecule has 114 valence electrons. The minimum atomic E-state index is -0.853. The Morgan fingerprint density at radius 2 is 2.23 bits per heavy atom. The molecule has 1 aromatic heterocycles. The van der Waals surface area contributed by atoms with E-state index >= 15 is 0 Å². The number of nitrogens with one attached hydrogen (secondary N) is 2. The van der Waals surface area contributed by atoms with Crippen LogP contribution in [-0.2, 0) is 16.0 Å². The molecule has 1 atom stereocenters. The van der Waals surface area contributed by atoms with Gasteiger partial charge in [-0.25, -0.2) is 0 Å². The Morgan fingerprint density at radius 3 is 3.00 bits per heavy atom. The summed E-state index contributed by atoms with van der Waals surface area (Å²) in [6.07, 6.45) is -0.173. The van der Waals surface area contributed by atoms with Gasteiger partial charge in [0.25, 0.3) is 5.91 Å². The van der Waals surface area contributed by atoms with Crippen molar-refractivity contribution in [2.45, 2.75) is 25.9 Å². The van der Waals surface area contributed by atoms with Crippen LogP contribution >= 0.6 is 11.3 Å². The van der Waals surface area contributed by atoms with E-state index in [0.29, 0.717) is 16.6 Å². The van der Waals surface area contributed by atoms with Crippen LogP contribution in [-0.4, -0.2) is 28.1 Å². The third-order valence-electron chi connectivity index (χ3n) is 3.09. The summed E-state index contributed by atoms with van der Waals surface area (Å²) < 4.78 is 5.57. The van der Waals surface area contributed by atoms with E-state index in [1.807, 2.05) is 6.92 Å². The lowest BCUT2D eigenvalue weighted by atomic mass is 10.1. The summed E-state index contributed by atoms with van der Waals surface area (Å²) in [5.74, 6) is -0.109. The quantitative estimate of drug-likeness (QED) is 0.897. The van der Waals surface area contributed by atoms with E-state index in [1.54, 1.807) is 24.3 Å². The smallest absolute Gasteiger partial charge is 0.266 e. The molecule has 0 radical (unpaired) electrons. The lowest BCUT2D eigenvalue weighted by Gasteiger charge is -2.25. The number of nitrogens with zero attached hydrogens (tertiary/aromatic N) is 2. The molecule has 1 aromatic carbocycles. The van der Waals surface area contributed by atoms with Crippen molar-refractivity contribution in [2.75, 3.05) is 10.6 Å². The van der Waals surface area contributed by atoms with Gasteiger partial charge >= 0.3 is 0 Å². The molecule has 1 aliphatic heterocycles. The maximum Gasteiger partial charge on any atom is 0.266 e. The maximum absolute atomic E-state index is 12.0. The second-order valence-corrected chi connectivity index (χ2v) is 5.76. The monoisotopic (exact) mass is 318 g/mol. The predicted molar refractivity (Wildman–Crippen MR) is 82.0 cm³/mol. The molecule has 0 fully saturated rings. The van der Waals surface area contributed by atoms with Crippen LogP contribution in [0.3, 0.4) is 0 Å². The lowest BCUT2D eigenvalue weighted by Crippen LogP contribution is -2.39. The van der Waals surface area contributed by atoms with Gasteiger partial charge in [-0.05, 0) is 18.6 Å². The molecular formula is C14H14N4O3S. The molecule has 0 saturated heterocycles. The summed E-state index contributed by atoms with van der Waals surface area (Å²) in [5, 5.41) is 14.4. The molecule has 2 heterocycles. The van der Waals surface area contributed by atoms with E-state index < -0.39 is 6.10 Å². The van der Waals surface area contributed by atoms with E-state index in [-0.39, 0.29) is 18.2 Å². The predicted octanol–water partition coefficient (Wildman–Crippen LogP) is 1.83. The molecule has 2 amide bonds. The molecule has 0 spiro atoms. The Morgan fingerprint density at radius 1 is 1.41 bits per heavy atom.